The van der Waals surface area contributed by atoms with Crippen LogP contribution in [0.2, 0.25) is 0 Å². The van der Waals surface area contributed by atoms with Gasteiger partial charge in [-0.05, 0) is 31.9 Å². The largest absolute Gasteiger partial charge is 0.326 e. The number of benzene rings is 1. The summed E-state index contributed by atoms with van der Waals surface area (Å²) >= 11 is 0. The third-order valence-electron chi connectivity index (χ3n) is 2.77. The first-order valence-corrected chi connectivity index (χ1v) is 6.42. The lowest BCUT2D eigenvalue weighted by Crippen LogP contribution is -2.07. The fourth-order valence-electron chi connectivity index (χ4n) is 1.95. The van der Waals surface area contributed by atoms with Crippen LogP contribution >= 0.6 is 0 Å². The first kappa shape index (κ1) is 12.7. The quantitative estimate of drug-likeness (QED) is 0.882. The Bertz CT molecular complexity index is 509. The van der Waals surface area contributed by atoms with Gasteiger partial charge in [0.15, 0.2) is 0 Å². The summed E-state index contributed by atoms with van der Waals surface area (Å²) in [5, 5.41) is 3.38. The maximum Gasteiger partial charge on any atom is 0.207 e. The average Bonchev–Trinajstić information content (AvgIpc) is 2.61. The third-order valence-corrected chi connectivity index (χ3v) is 2.77. The van der Waals surface area contributed by atoms with Crippen molar-refractivity contribution in [3.05, 3.63) is 41.7 Å². The molecule has 0 aliphatic carbocycles. The highest BCUT2D eigenvalue weighted by atomic mass is 15.2. The normalized spacial score (nSPS) is 10.9. The van der Waals surface area contributed by atoms with Gasteiger partial charge in [-0.3, -0.25) is 0 Å². The van der Waals surface area contributed by atoms with E-state index in [1.807, 2.05) is 6.92 Å². The van der Waals surface area contributed by atoms with Crippen LogP contribution in [-0.2, 0) is 6.54 Å². The second-order valence-corrected chi connectivity index (χ2v) is 5.24. The lowest BCUT2D eigenvalue weighted by molar-refractivity contribution is 0.527. The number of hydrogen-bond acceptors (Lipinski definition) is 2. The SMILES string of the molecule is Cc1ccc(Nc2nc(C)cn2CC(C)C)cc1. The Hall–Kier alpha value is -1.77. The number of nitrogens with one attached hydrogen (secondary N) is 1. The van der Waals surface area contributed by atoms with E-state index in [1.54, 1.807) is 0 Å². The van der Waals surface area contributed by atoms with Crippen molar-refractivity contribution in [1.29, 1.82) is 0 Å². The van der Waals surface area contributed by atoms with Gasteiger partial charge in [0, 0.05) is 18.4 Å². The minimum atomic E-state index is 0.608. The van der Waals surface area contributed by atoms with Crippen LogP contribution < -0.4 is 5.32 Å². The summed E-state index contributed by atoms with van der Waals surface area (Å²) in [6, 6.07) is 8.37. The van der Waals surface area contributed by atoms with Crippen molar-refractivity contribution < 1.29 is 0 Å². The van der Waals surface area contributed by atoms with Crippen molar-refractivity contribution in [3.63, 3.8) is 0 Å². The molecular formula is C15H21N3. The molecule has 0 fully saturated rings. The number of aromatic nitrogens is 2. The van der Waals surface area contributed by atoms with Gasteiger partial charge >= 0.3 is 0 Å². The van der Waals surface area contributed by atoms with Gasteiger partial charge in [0.2, 0.25) is 5.95 Å². The molecule has 3 nitrogen and oxygen atoms in total. The zero-order chi connectivity index (χ0) is 13.1. The number of aryl methyl sites for hydroxylation is 2. The molecule has 1 N–H and O–H groups in total. The zero-order valence-corrected chi connectivity index (χ0v) is 11.6. The lowest BCUT2D eigenvalue weighted by atomic mass is 10.2. The summed E-state index contributed by atoms with van der Waals surface area (Å²) < 4.78 is 2.18. The molecule has 96 valence electrons. The minimum Gasteiger partial charge on any atom is -0.326 e. The predicted octanol–water partition coefficient (Wildman–Crippen LogP) is 3.90. The Morgan fingerprint density at radius 1 is 1.17 bits per heavy atom. The molecule has 1 heterocycles. The molecule has 1 aromatic carbocycles. The number of hydrogen-bond donors (Lipinski definition) is 1. The molecule has 0 spiro atoms. The van der Waals surface area contributed by atoms with Gasteiger partial charge in [-0.25, -0.2) is 4.98 Å². The first-order chi connectivity index (χ1) is 8.54. The highest BCUT2D eigenvalue weighted by Gasteiger charge is 2.07. The number of anilines is 2. The highest BCUT2D eigenvalue weighted by molar-refractivity contribution is 5.54. The molecule has 1 aromatic heterocycles. The molecule has 0 radical (unpaired) electrons. The van der Waals surface area contributed by atoms with E-state index in [0.29, 0.717) is 5.92 Å². The fraction of sp³-hybridized carbons (Fsp3) is 0.400. The van der Waals surface area contributed by atoms with Gasteiger partial charge < -0.3 is 9.88 Å². The summed E-state index contributed by atoms with van der Waals surface area (Å²) in [5.41, 5.74) is 3.39. The summed E-state index contributed by atoms with van der Waals surface area (Å²) in [7, 11) is 0. The summed E-state index contributed by atoms with van der Waals surface area (Å²) in [4.78, 5) is 4.53. The van der Waals surface area contributed by atoms with Crippen molar-refractivity contribution in [2.45, 2.75) is 34.2 Å². The molecular weight excluding hydrogens is 222 g/mol. The number of rotatable bonds is 4. The van der Waals surface area contributed by atoms with Gasteiger partial charge in [-0.15, -0.1) is 0 Å². The average molecular weight is 243 g/mol. The molecule has 2 rings (SSSR count). The van der Waals surface area contributed by atoms with E-state index in [0.717, 1.165) is 23.9 Å². The minimum absolute atomic E-state index is 0.608. The molecule has 18 heavy (non-hydrogen) atoms. The molecule has 0 bridgehead atoms. The van der Waals surface area contributed by atoms with Crippen molar-refractivity contribution in [2.24, 2.45) is 5.92 Å². The summed E-state index contributed by atoms with van der Waals surface area (Å²) in [6.45, 7) is 9.52. The molecule has 0 saturated carbocycles. The molecule has 0 atom stereocenters. The van der Waals surface area contributed by atoms with Gasteiger partial charge in [0.25, 0.3) is 0 Å². The van der Waals surface area contributed by atoms with Gasteiger partial charge in [0.1, 0.15) is 0 Å². The zero-order valence-electron chi connectivity index (χ0n) is 11.6. The number of imidazole rings is 1. The van der Waals surface area contributed by atoms with Gasteiger partial charge in [0.05, 0.1) is 5.69 Å². The molecule has 0 amide bonds. The van der Waals surface area contributed by atoms with E-state index >= 15 is 0 Å². The standard InChI is InChI=1S/C15H21N3/c1-11(2)9-18-10-13(4)16-15(18)17-14-7-5-12(3)6-8-14/h5-8,10-11H,9H2,1-4H3,(H,16,17). The first-order valence-electron chi connectivity index (χ1n) is 6.42. The fourth-order valence-corrected chi connectivity index (χ4v) is 1.95. The predicted molar refractivity (Wildman–Crippen MR) is 76.3 cm³/mol. The Kier molecular flexibility index (Phi) is 3.70. The monoisotopic (exact) mass is 243 g/mol. The van der Waals surface area contributed by atoms with E-state index in [1.165, 1.54) is 5.56 Å². The van der Waals surface area contributed by atoms with E-state index in [9.17, 15) is 0 Å². The Morgan fingerprint density at radius 2 is 1.83 bits per heavy atom. The molecule has 0 aliphatic heterocycles. The van der Waals surface area contributed by atoms with Crippen LogP contribution in [0.4, 0.5) is 11.6 Å². The van der Waals surface area contributed by atoms with Crippen molar-refractivity contribution >= 4 is 11.6 Å². The van der Waals surface area contributed by atoms with Crippen LogP contribution in [0.1, 0.15) is 25.1 Å². The van der Waals surface area contributed by atoms with Crippen molar-refractivity contribution in [1.82, 2.24) is 9.55 Å². The van der Waals surface area contributed by atoms with Crippen LogP contribution in [0.5, 0.6) is 0 Å². The van der Waals surface area contributed by atoms with Crippen LogP contribution in [0, 0.1) is 19.8 Å². The van der Waals surface area contributed by atoms with Crippen molar-refractivity contribution in [3.8, 4) is 0 Å². The van der Waals surface area contributed by atoms with Crippen LogP contribution in [0.3, 0.4) is 0 Å². The van der Waals surface area contributed by atoms with Crippen LogP contribution in [0.15, 0.2) is 30.5 Å². The van der Waals surface area contributed by atoms with E-state index < -0.39 is 0 Å². The number of nitrogens with zero attached hydrogens (tertiary/aromatic N) is 2. The van der Waals surface area contributed by atoms with Gasteiger partial charge in [-0.2, -0.15) is 0 Å². The van der Waals surface area contributed by atoms with Crippen molar-refractivity contribution in [2.75, 3.05) is 5.32 Å². The third kappa shape index (κ3) is 3.13. The van der Waals surface area contributed by atoms with E-state index in [-0.39, 0.29) is 0 Å². The molecule has 3 heteroatoms. The van der Waals surface area contributed by atoms with E-state index in [4.69, 9.17) is 0 Å². The lowest BCUT2D eigenvalue weighted by Gasteiger charge is -2.11. The molecule has 0 aliphatic rings. The summed E-state index contributed by atoms with van der Waals surface area (Å²) in [5.74, 6) is 1.53. The topological polar surface area (TPSA) is 29.9 Å². The maximum absolute atomic E-state index is 4.53. The molecule has 2 aromatic rings. The molecule has 0 saturated heterocycles. The Balaban J connectivity index is 2.20. The van der Waals surface area contributed by atoms with E-state index in [2.05, 4.69) is 66.1 Å². The summed E-state index contributed by atoms with van der Waals surface area (Å²) in [6.07, 6.45) is 2.09. The van der Waals surface area contributed by atoms with Gasteiger partial charge in [-0.1, -0.05) is 31.5 Å². The smallest absolute Gasteiger partial charge is 0.207 e. The second kappa shape index (κ2) is 5.25. The van der Waals surface area contributed by atoms with Crippen LogP contribution in [0.25, 0.3) is 0 Å². The maximum atomic E-state index is 4.53. The highest BCUT2D eigenvalue weighted by Crippen LogP contribution is 2.18. The second-order valence-electron chi connectivity index (χ2n) is 5.24. The molecule has 0 unspecified atom stereocenters. The Morgan fingerprint density at radius 3 is 2.44 bits per heavy atom. The van der Waals surface area contributed by atoms with Crippen LogP contribution in [-0.4, -0.2) is 9.55 Å². The Labute approximate surface area is 109 Å².